The van der Waals surface area contributed by atoms with E-state index in [-0.39, 0.29) is 23.0 Å². The minimum Gasteiger partial charge on any atom is -0.399 e. The molecule has 2 aliphatic rings. The molecule has 25 heavy (non-hydrogen) atoms. The van der Waals surface area contributed by atoms with E-state index in [4.69, 9.17) is 20.9 Å². The van der Waals surface area contributed by atoms with Gasteiger partial charge in [-0.15, -0.1) is 0 Å². The summed E-state index contributed by atoms with van der Waals surface area (Å²) in [5.74, 6) is -1.82. The van der Waals surface area contributed by atoms with E-state index in [2.05, 4.69) is 11.9 Å². The molecule has 0 amide bonds. The van der Waals surface area contributed by atoms with Gasteiger partial charge in [-0.2, -0.15) is 0 Å². The van der Waals surface area contributed by atoms with Crippen molar-refractivity contribution in [1.29, 1.82) is 0 Å². The first kappa shape index (κ1) is 18.5. The van der Waals surface area contributed by atoms with Crippen LogP contribution in [-0.2, 0) is 15.7 Å². The Morgan fingerprint density at radius 3 is 2.44 bits per heavy atom. The molecule has 4 nitrogen and oxygen atoms in total. The number of halogens is 3. The Kier molecular flexibility index (Phi) is 4.54. The van der Waals surface area contributed by atoms with Crippen LogP contribution in [0.3, 0.4) is 0 Å². The molecule has 0 aliphatic carbocycles. The predicted molar refractivity (Wildman–Crippen MR) is 96.1 cm³/mol. The molecule has 0 saturated carbocycles. The molecule has 1 N–H and O–H groups in total. The molecule has 1 aromatic rings. The summed E-state index contributed by atoms with van der Waals surface area (Å²) in [4.78, 5) is 1.70. The molecule has 136 valence electrons. The predicted octanol–water partition coefficient (Wildman–Crippen LogP) is 2.88. The van der Waals surface area contributed by atoms with Crippen LogP contribution in [0.4, 0.5) is 14.5 Å². The minimum absolute atomic E-state index is 0.103. The summed E-state index contributed by atoms with van der Waals surface area (Å²) < 4.78 is 41.3. The number of rotatable bonds is 4. The number of benzene rings is 1. The van der Waals surface area contributed by atoms with Gasteiger partial charge in [0, 0.05) is 12.0 Å². The highest BCUT2D eigenvalue weighted by molar-refractivity contribution is 6.62. The van der Waals surface area contributed by atoms with Crippen LogP contribution in [-0.4, -0.2) is 31.5 Å². The molecule has 8 heteroatoms. The highest BCUT2D eigenvalue weighted by Crippen LogP contribution is 2.38. The standard InChI is InChI=1S/C17H22BClF2N2O2/c1-10(19)22-9-23-7-6-11-8-12(13(20)14(21)15(11)23)18-24-16(2,3)17(4,5)25-18/h8,22H,1,6-7,9H2,2-5H3. The molecular formula is C17H22BClF2N2O2. The Hall–Kier alpha value is -1.31. The van der Waals surface area contributed by atoms with E-state index in [1.807, 2.05) is 27.7 Å². The zero-order chi connectivity index (χ0) is 18.6. The van der Waals surface area contributed by atoms with E-state index in [0.29, 0.717) is 13.0 Å². The van der Waals surface area contributed by atoms with Crippen LogP contribution >= 0.6 is 11.6 Å². The monoisotopic (exact) mass is 370 g/mol. The van der Waals surface area contributed by atoms with Crippen molar-refractivity contribution in [1.82, 2.24) is 5.32 Å². The molecule has 0 bridgehead atoms. The Labute approximate surface area is 152 Å². The van der Waals surface area contributed by atoms with Crippen LogP contribution in [0.15, 0.2) is 17.8 Å². The fourth-order valence-corrected chi connectivity index (χ4v) is 3.13. The summed E-state index contributed by atoms with van der Waals surface area (Å²) in [6, 6.07) is 1.64. The second-order valence-electron chi connectivity index (χ2n) is 7.44. The largest absolute Gasteiger partial charge is 0.497 e. The fraction of sp³-hybridized carbons (Fsp3) is 0.529. The van der Waals surface area contributed by atoms with E-state index >= 15 is 0 Å². The molecule has 2 heterocycles. The quantitative estimate of drug-likeness (QED) is 0.653. The van der Waals surface area contributed by atoms with E-state index < -0.39 is 30.0 Å². The molecule has 0 aromatic heterocycles. The molecule has 1 fully saturated rings. The molecule has 2 aliphatic heterocycles. The molecule has 1 aromatic carbocycles. The highest BCUT2D eigenvalue weighted by Gasteiger charge is 2.53. The van der Waals surface area contributed by atoms with E-state index in [0.717, 1.165) is 5.56 Å². The third kappa shape index (κ3) is 3.13. The number of hydrogen-bond donors (Lipinski definition) is 1. The maximum Gasteiger partial charge on any atom is 0.497 e. The van der Waals surface area contributed by atoms with Crippen molar-refractivity contribution in [3.63, 3.8) is 0 Å². The van der Waals surface area contributed by atoms with Gasteiger partial charge in [-0.3, -0.25) is 0 Å². The first-order chi connectivity index (χ1) is 11.5. The molecule has 0 unspecified atom stereocenters. The van der Waals surface area contributed by atoms with Gasteiger partial charge in [0.05, 0.1) is 28.7 Å². The third-order valence-corrected chi connectivity index (χ3v) is 5.36. The smallest absolute Gasteiger partial charge is 0.399 e. The van der Waals surface area contributed by atoms with Gasteiger partial charge >= 0.3 is 7.12 Å². The molecule has 0 radical (unpaired) electrons. The van der Waals surface area contributed by atoms with Gasteiger partial charge in [-0.25, -0.2) is 8.78 Å². The first-order valence-electron chi connectivity index (χ1n) is 8.23. The Balaban J connectivity index is 1.93. The van der Waals surface area contributed by atoms with Crippen molar-refractivity contribution in [2.45, 2.75) is 45.3 Å². The van der Waals surface area contributed by atoms with Crippen molar-refractivity contribution in [3.8, 4) is 0 Å². The molecule has 0 spiro atoms. The average Bonchev–Trinajstić information content (AvgIpc) is 2.99. The SMILES string of the molecule is C=C(Cl)NCN1CCc2cc(B3OC(C)(C)C(C)(C)O3)c(F)c(F)c21. The van der Waals surface area contributed by atoms with Gasteiger partial charge in [-0.1, -0.05) is 24.2 Å². The lowest BCUT2D eigenvalue weighted by atomic mass is 9.77. The zero-order valence-corrected chi connectivity index (χ0v) is 15.6. The number of hydrogen-bond acceptors (Lipinski definition) is 4. The van der Waals surface area contributed by atoms with Crippen molar-refractivity contribution < 1.29 is 18.1 Å². The van der Waals surface area contributed by atoms with Crippen LogP contribution in [0, 0.1) is 11.6 Å². The van der Waals surface area contributed by atoms with Gasteiger partial charge in [0.1, 0.15) is 0 Å². The zero-order valence-electron chi connectivity index (χ0n) is 14.9. The summed E-state index contributed by atoms with van der Waals surface area (Å²) in [5, 5.41) is 3.08. The molecule has 1 saturated heterocycles. The summed E-state index contributed by atoms with van der Waals surface area (Å²) in [7, 11) is -0.931. The van der Waals surface area contributed by atoms with Crippen LogP contribution in [0.2, 0.25) is 0 Å². The van der Waals surface area contributed by atoms with Gasteiger partial charge < -0.3 is 19.5 Å². The van der Waals surface area contributed by atoms with E-state index in [9.17, 15) is 8.78 Å². The summed E-state index contributed by atoms with van der Waals surface area (Å²) >= 11 is 5.69. The lowest BCUT2D eigenvalue weighted by Gasteiger charge is -2.32. The fourth-order valence-electron chi connectivity index (χ4n) is 3.07. The van der Waals surface area contributed by atoms with Crippen LogP contribution < -0.4 is 15.7 Å². The van der Waals surface area contributed by atoms with Crippen molar-refractivity contribution in [2.75, 3.05) is 18.1 Å². The van der Waals surface area contributed by atoms with E-state index in [1.54, 1.807) is 11.0 Å². The van der Waals surface area contributed by atoms with Crippen LogP contribution in [0.1, 0.15) is 33.3 Å². The van der Waals surface area contributed by atoms with Gasteiger partial charge in [0.25, 0.3) is 0 Å². The second kappa shape index (κ2) is 6.14. The maximum absolute atomic E-state index is 14.8. The highest BCUT2D eigenvalue weighted by atomic mass is 35.5. The van der Waals surface area contributed by atoms with Crippen molar-refractivity contribution in [3.05, 3.63) is 35.0 Å². The van der Waals surface area contributed by atoms with Gasteiger partial charge in [0.15, 0.2) is 11.6 Å². The molecular weight excluding hydrogens is 348 g/mol. The Bertz CT molecular complexity index is 711. The minimum atomic E-state index is -0.936. The third-order valence-electron chi connectivity index (χ3n) is 5.22. The lowest BCUT2D eigenvalue weighted by Crippen LogP contribution is -2.41. The normalized spacial score (nSPS) is 20.8. The first-order valence-corrected chi connectivity index (χ1v) is 8.61. The number of fused-ring (bicyclic) bond motifs is 1. The van der Waals surface area contributed by atoms with Crippen LogP contribution in [0.25, 0.3) is 0 Å². The van der Waals surface area contributed by atoms with Gasteiger partial charge in [-0.05, 0) is 39.7 Å². The topological polar surface area (TPSA) is 33.7 Å². The Morgan fingerprint density at radius 2 is 1.88 bits per heavy atom. The Morgan fingerprint density at radius 1 is 1.28 bits per heavy atom. The van der Waals surface area contributed by atoms with Crippen molar-refractivity contribution in [2.24, 2.45) is 0 Å². The molecule has 0 atom stereocenters. The average molecular weight is 371 g/mol. The van der Waals surface area contributed by atoms with Crippen molar-refractivity contribution >= 4 is 29.9 Å². The second-order valence-corrected chi connectivity index (χ2v) is 7.90. The van der Waals surface area contributed by atoms with Gasteiger partial charge in [0.2, 0.25) is 0 Å². The maximum atomic E-state index is 14.8. The van der Waals surface area contributed by atoms with Crippen LogP contribution in [0.5, 0.6) is 0 Å². The summed E-state index contributed by atoms with van der Waals surface area (Å²) in [6.07, 6.45) is 0.607. The lowest BCUT2D eigenvalue weighted by molar-refractivity contribution is 0.00578. The number of nitrogens with zero attached hydrogens (tertiary/aromatic N) is 1. The molecule has 3 rings (SSSR count). The number of anilines is 1. The van der Waals surface area contributed by atoms with E-state index in [1.165, 1.54) is 0 Å². The number of nitrogens with one attached hydrogen (secondary N) is 1. The summed E-state index contributed by atoms with van der Waals surface area (Å²) in [6.45, 7) is 11.9. The summed E-state index contributed by atoms with van der Waals surface area (Å²) in [5.41, 5.74) is -0.146.